The topological polar surface area (TPSA) is 66.5 Å². The maximum atomic E-state index is 10.6. The van der Waals surface area contributed by atoms with Crippen molar-refractivity contribution in [2.24, 2.45) is 0 Å². The predicted octanol–water partition coefficient (Wildman–Crippen LogP) is 5.06. The predicted molar refractivity (Wildman–Crippen MR) is 123 cm³/mol. The van der Waals surface area contributed by atoms with Crippen LogP contribution in [0.3, 0.4) is 0 Å². The molecule has 0 saturated carbocycles. The maximum Gasteiger partial charge on any atom is 0.174 e. The van der Waals surface area contributed by atoms with Gasteiger partial charge in [0.15, 0.2) is 5.11 Å². The Bertz CT molecular complexity index is 1210. The number of furan rings is 1. The average Bonchev–Trinajstić information content (AvgIpc) is 3.51. The zero-order valence-electron chi connectivity index (χ0n) is 16.4. The Labute approximate surface area is 189 Å². The Balaban J connectivity index is 1.64. The molecule has 6 nitrogen and oxygen atoms in total. The smallest absolute Gasteiger partial charge is 0.174 e. The molecule has 1 saturated heterocycles. The van der Waals surface area contributed by atoms with Gasteiger partial charge in [-0.1, -0.05) is 17.7 Å². The molecule has 1 aromatic carbocycles. The van der Waals surface area contributed by atoms with Crippen molar-refractivity contribution in [1.82, 2.24) is 14.9 Å². The third-order valence-electron chi connectivity index (χ3n) is 5.37. The molecule has 4 aromatic rings. The van der Waals surface area contributed by atoms with Crippen molar-refractivity contribution in [2.45, 2.75) is 18.6 Å². The molecule has 0 unspecified atom stereocenters. The normalized spacial score (nSPS) is 18.4. The van der Waals surface area contributed by atoms with Crippen LogP contribution in [0.1, 0.15) is 29.2 Å². The standard InChI is InChI=1S/C23H19ClN4O2S/c24-15-8-9-20(29)19(13-15)28-22(21(26-23(28)31)17-6-1-2-10-25-17)18-7-3-11-27(18)14-16-5-4-12-30-16/h1-13,21-22,29H,14H2,(H,26,31)/t21-,22-/m0/s1. The van der Waals surface area contributed by atoms with Gasteiger partial charge in [-0.2, -0.15) is 0 Å². The van der Waals surface area contributed by atoms with Crippen molar-refractivity contribution in [1.29, 1.82) is 0 Å². The Morgan fingerprint density at radius 3 is 2.81 bits per heavy atom. The fraction of sp³-hybridized carbons (Fsp3) is 0.130. The summed E-state index contributed by atoms with van der Waals surface area (Å²) in [5, 5.41) is 15.0. The molecular formula is C23H19ClN4O2S. The van der Waals surface area contributed by atoms with E-state index in [1.807, 2.05) is 53.6 Å². The van der Waals surface area contributed by atoms with Gasteiger partial charge in [-0.15, -0.1) is 0 Å². The van der Waals surface area contributed by atoms with Crippen molar-refractivity contribution in [3.05, 3.63) is 101 Å². The first-order valence-electron chi connectivity index (χ1n) is 9.78. The number of phenolic OH excluding ortho intramolecular Hbond substituents is 1. The van der Waals surface area contributed by atoms with Gasteiger partial charge in [0.2, 0.25) is 0 Å². The molecule has 1 fully saturated rings. The number of aromatic nitrogens is 2. The third kappa shape index (κ3) is 3.66. The highest BCUT2D eigenvalue weighted by molar-refractivity contribution is 7.80. The Morgan fingerprint density at radius 1 is 1.13 bits per heavy atom. The Hall–Kier alpha value is -3.29. The van der Waals surface area contributed by atoms with Gasteiger partial charge in [0.1, 0.15) is 17.6 Å². The van der Waals surface area contributed by atoms with Crippen molar-refractivity contribution >= 4 is 34.6 Å². The van der Waals surface area contributed by atoms with E-state index in [9.17, 15) is 5.11 Å². The lowest BCUT2D eigenvalue weighted by molar-refractivity contribution is 0.465. The fourth-order valence-corrected chi connectivity index (χ4v) is 4.52. The van der Waals surface area contributed by atoms with Crippen LogP contribution >= 0.6 is 23.8 Å². The van der Waals surface area contributed by atoms with Crippen molar-refractivity contribution in [3.8, 4) is 5.75 Å². The van der Waals surface area contributed by atoms with Crippen LogP contribution in [0.4, 0.5) is 5.69 Å². The van der Waals surface area contributed by atoms with Crippen LogP contribution in [0.25, 0.3) is 0 Å². The van der Waals surface area contributed by atoms with E-state index in [0.29, 0.717) is 22.4 Å². The van der Waals surface area contributed by atoms with Crippen LogP contribution in [0.5, 0.6) is 5.75 Å². The number of rotatable bonds is 5. The molecule has 0 radical (unpaired) electrons. The lowest BCUT2D eigenvalue weighted by Gasteiger charge is -2.29. The molecule has 1 aliphatic heterocycles. The molecule has 0 amide bonds. The number of pyridine rings is 1. The molecule has 3 aromatic heterocycles. The highest BCUT2D eigenvalue weighted by atomic mass is 35.5. The summed E-state index contributed by atoms with van der Waals surface area (Å²) in [6.07, 6.45) is 5.43. The van der Waals surface area contributed by atoms with Crippen LogP contribution in [-0.4, -0.2) is 19.8 Å². The number of phenols is 1. The minimum absolute atomic E-state index is 0.101. The number of benzene rings is 1. The van der Waals surface area contributed by atoms with Crippen LogP contribution in [0, 0.1) is 0 Å². The van der Waals surface area contributed by atoms with Gasteiger partial charge in [-0.25, -0.2) is 0 Å². The summed E-state index contributed by atoms with van der Waals surface area (Å²) in [6.45, 7) is 0.572. The molecule has 0 spiro atoms. The second-order valence-corrected chi connectivity index (χ2v) is 8.09. The van der Waals surface area contributed by atoms with E-state index in [4.69, 9.17) is 28.2 Å². The number of aromatic hydroxyl groups is 1. The van der Waals surface area contributed by atoms with Crippen molar-refractivity contribution < 1.29 is 9.52 Å². The largest absolute Gasteiger partial charge is 0.506 e. The van der Waals surface area contributed by atoms with Gasteiger partial charge in [0, 0.05) is 23.1 Å². The summed E-state index contributed by atoms with van der Waals surface area (Å²) in [7, 11) is 0. The second-order valence-electron chi connectivity index (χ2n) is 7.27. The number of anilines is 1. The molecule has 2 N–H and O–H groups in total. The summed E-state index contributed by atoms with van der Waals surface area (Å²) in [4.78, 5) is 6.47. The Morgan fingerprint density at radius 2 is 2.03 bits per heavy atom. The number of halogens is 1. The minimum Gasteiger partial charge on any atom is -0.506 e. The van der Waals surface area contributed by atoms with Crippen molar-refractivity contribution in [2.75, 3.05) is 4.90 Å². The monoisotopic (exact) mass is 450 g/mol. The summed E-state index contributed by atoms with van der Waals surface area (Å²) >= 11 is 12.0. The van der Waals surface area contributed by atoms with Crippen LogP contribution in [0.2, 0.25) is 5.02 Å². The highest BCUT2D eigenvalue weighted by Crippen LogP contribution is 2.45. The highest BCUT2D eigenvalue weighted by Gasteiger charge is 2.43. The molecule has 8 heteroatoms. The number of hydrogen-bond acceptors (Lipinski definition) is 4. The van der Waals surface area contributed by atoms with E-state index in [1.54, 1.807) is 30.7 Å². The number of thiocarbonyl (C=S) groups is 1. The summed E-state index contributed by atoms with van der Waals surface area (Å²) < 4.78 is 7.67. The zero-order chi connectivity index (χ0) is 21.4. The zero-order valence-corrected chi connectivity index (χ0v) is 17.9. The van der Waals surface area contributed by atoms with Crippen LogP contribution in [-0.2, 0) is 6.54 Å². The quantitative estimate of drug-likeness (QED) is 0.414. The summed E-state index contributed by atoms with van der Waals surface area (Å²) in [5.41, 5.74) is 2.39. The van der Waals surface area contributed by atoms with Gasteiger partial charge in [0.25, 0.3) is 0 Å². The number of nitrogens with one attached hydrogen (secondary N) is 1. The summed E-state index contributed by atoms with van der Waals surface area (Å²) in [6, 6.07) is 18.1. The lowest BCUT2D eigenvalue weighted by Crippen LogP contribution is -2.30. The molecule has 1 aliphatic rings. The van der Waals surface area contributed by atoms with Crippen LogP contribution < -0.4 is 10.2 Å². The van der Waals surface area contributed by atoms with E-state index in [2.05, 4.69) is 14.9 Å². The number of nitrogens with zero attached hydrogens (tertiary/aromatic N) is 3. The fourth-order valence-electron chi connectivity index (χ4n) is 4.01. The van der Waals surface area contributed by atoms with Gasteiger partial charge in [-0.05, 0) is 66.8 Å². The molecule has 31 heavy (non-hydrogen) atoms. The molecule has 0 bridgehead atoms. The minimum atomic E-state index is -0.267. The first-order valence-corrected chi connectivity index (χ1v) is 10.6. The molecule has 4 heterocycles. The molecule has 0 aliphatic carbocycles. The first-order chi connectivity index (χ1) is 15.1. The lowest BCUT2D eigenvalue weighted by atomic mass is 10.0. The van der Waals surface area contributed by atoms with Gasteiger partial charge < -0.3 is 24.3 Å². The molecule has 5 rings (SSSR count). The van der Waals surface area contributed by atoms with Gasteiger partial charge >= 0.3 is 0 Å². The first kappa shape index (κ1) is 19.7. The third-order valence-corrected chi connectivity index (χ3v) is 5.92. The SMILES string of the molecule is Oc1ccc(Cl)cc1N1C(=S)N[C@@H](c2ccccn2)[C@@H]1c1cccn1Cc1ccco1. The van der Waals surface area contributed by atoms with Gasteiger partial charge in [0.05, 0.1) is 30.2 Å². The molecule has 156 valence electrons. The van der Waals surface area contributed by atoms with E-state index < -0.39 is 0 Å². The average molecular weight is 451 g/mol. The Kier molecular flexibility index (Phi) is 5.13. The van der Waals surface area contributed by atoms with Crippen LogP contribution in [0.15, 0.2) is 83.7 Å². The molecular weight excluding hydrogens is 432 g/mol. The molecule has 2 atom stereocenters. The van der Waals surface area contributed by atoms with Crippen molar-refractivity contribution in [3.63, 3.8) is 0 Å². The summed E-state index contributed by atoms with van der Waals surface area (Å²) in [5.74, 6) is 0.946. The van der Waals surface area contributed by atoms with E-state index >= 15 is 0 Å². The number of hydrogen-bond donors (Lipinski definition) is 2. The van der Waals surface area contributed by atoms with E-state index in [1.165, 1.54) is 0 Å². The van der Waals surface area contributed by atoms with E-state index in [0.717, 1.165) is 17.1 Å². The second kappa shape index (κ2) is 8.09. The maximum absolute atomic E-state index is 10.6. The van der Waals surface area contributed by atoms with E-state index in [-0.39, 0.29) is 17.8 Å². The van der Waals surface area contributed by atoms with Gasteiger partial charge in [-0.3, -0.25) is 4.98 Å².